The molecule has 2 saturated carbocycles. The van der Waals surface area contributed by atoms with Crippen molar-refractivity contribution in [2.24, 2.45) is 29.4 Å². The Balaban J connectivity index is 1.77. The van der Waals surface area contributed by atoms with Crippen molar-refractivity contribution in [3.05, 3.63) is 22.8 Å². The second-order valence-electron chi connectivity index (χ2n) is 11.4. The van der Waals surface area contributed by atoms with Crippen molar-refractivity contribution in [3.8, 4) is 5.75 Å². The van der Waals surface area contributed by atoms with Gasteiger partial charge in [-0.3, -0.25) is 28.9 Å². The number of benzene rings is 1. The number of nitrogens with zero attached hydrogens (tertiary/aromatic N) is 2. The van der Waals surface area contributed by atoms with Gasteiger partial charge >= 0.3 is 6.09 Å². The van der Waals surface area contributed by atoms with E-state index in [-0.39, 0.29) is 43.7 Å². The highest BCUT2D eigenvalue weighted by Gasteiger charge is 2.69. The van der Waals surface area contributed by atoms with Crippen LogP contribution in [0.4, 0.5) is 10.5 Å². The molecular weight excluding hydrogens is 552 g/mol. The fourth-order valence-corrected chi connectivity index (χ4v) is 6.68. The second kappa shape index (κ2) is 11.4. The summed E-state index contributed by atoms with van der Waals surface area (Å²) in [7, 11) is 7.97. The Kier molecular flexibility index (Phi) is 8.45. The third kappa shape index (κ3) is 4.82. The van der Waals surface area contributed by atoms with Crippen LogP contribution in [0.2, 0.25) is 0 Å². The summed E-state index contributed by atoms with van der Waals surface area (Å²) in [5.74, 6) is -11.3. The average Bonchev–Trinajstić information content (AvgIpc) is 2.89. The van der Waals surface area contributed by atoms with Gasteiger partial charge in [0.25, 0.3) is 0 Å². The zero-order valence-electron chi connectivity index (χ0n) is 24.1. The molecule has 0 heterocycles. The number of phenolic OH excluding ortho intramolecular Hbond substituents is 1. The zero-order valence-corrected chi connectivity index (χ0v) is 24.1. The van der Waals surface area contributed by atoms with E-state index in [2.05, 4.69) is 5.32 Å². The van der Waals surface area contributed by atoms with E-state index in [1.165, 1.54) is 26.1 Å². The van der Waals surface area contributed by atoms with Crippen LogP contribution in [0.15, 0.2) is 6.07 Å². The predicted octanol–water partition coefficient (Wildman–Crippen LogP) is -1.19. The van der Waals surface area contributed by atoms with E-state index in [1.807, 2.05) is 0 Å². The molecule has 0 bridgehead atoms. The number of fused-ring (bicyclic) bond motifs is 3. The van der Waals surface area contributed by atoms with Gasteiger partial charge in [-0.05, 0) is 44.5 Å². The highest BCUT2D eigenvalue weighted by Crippen LogP contribution is 2.52. The summed E-state index contributed by atoms with van der Waals surface area (Å²) < 4.78 is 9.80. The molecule has 3 aliphatic carbocycles. The first-order valence-corrected chi connectivity index (χ1v) is 13.5. The van der Waals surface area contributed by atoms with Gasteiger partial charge in [0.05, 0.1) is 24.1 Å². The van der Waals surface area contributed by atoms with Crippen molar-refractivity contribution in [3.63, 3.8) is 0 Å². The largest absolute Gasteiger partial charge is 0.507 e. The molecule has 4 rings (SSSR count). The normalized spacial score (nSPS) is 28.6. The molecule has 0 saturated heterocycles. The highest BCUT2D eigenvalue weighted by atomic mass is 16.6. The van der Waals surface area contributed by atoms with Crippen molar-refractivity contribution in [2.75, 3.05) is 53.4 Å². The van der Waals surface area contributed by atoms with Crippen molar-refractivity contribution in [1.29, 1.82) is 0 Å². The van der Waals surface area contributed by atoms with Crippen LogP contribution in [-0.2, 0) is 41.6 Å². The Labute approximate surface area is 242 Å². The summed E-state index contributed by atoms with van der Waals surface area (Å²) in [5.41, 5.74) is 3.58. The number of rotatable bonds is 8. The minimum atomic E-state index is -2.80. The van der Waals surface area contributed by atoms with Crippen LogP contribution < -0.4 is 16.0 Å². The fraction of sp³-hybridized carbons (Fsp3) is 0.571. The number of amides is 2. The van der Waals surface area contributed by atoms with Crippen molar-refractivity contribution in [1.82, 2.24) is 10.2 Å². The summed E-state index contributed by atoms with van der Waals surface area (Å²) in [6, 6.07) is 0.441. The van der Waals surface area contributed by atoms with Gasteiger partial charge < -0.3 is 35.6 Å². The van der Waals surface area contributed by atoms with Gasteiger partial charge in [0.2, 0.25) is 5.91 Å². The molecule has 0 spiro atoms. The topological polar surface area (TPSA) is 206 Å². The molecule has 0 radical (unpaired) electrons. The molecule has 6 atom stereocenters. The number of methoxy groups -OCH3 is 1. The van der Waals surface area contributed by atoms with Gasteiger partial charge in [-0.2, -0.15) is 0 Å². The summed E-state index contributed by atoms with van der Waals surface area (Å²) in [6.45, 7) is -0.0180. The molecule has 0 aromatic heterocycles. The van der Waals surface area contributed by atoms with Gasteiger partial charge in [-0.25, -0.2) is 4.79 Å². The number of aromatic hydroxyl groups is 1. The Morgan fingerprint density at radius 2 is 1.79 bits per heavy atom. The molecule has 1 aromatic carbocycles. The maximum Gasteiger partial charge on any atom is 0.407 e. The third-order valence-corrected chi connectivity index (χ3v) is 8.54. The van der Waals surface area contributed by atoms with Gasteiger partial charge in [-0.15, -0.1) is 0 Å². The smallest absolute Gasteiger partial charge is 0.407 e. The molecule has 14 heteroatoms. The Bertz CT molecular complexity index is 1360. The summed E-state index contributed by atoms with van der Waals surface area (Å²) in [6.07, 6.45) is -0.698. The van der Waals surface area contributed by atoms with E-state index in [0.717, 1.165) is 0 Å². The first-order chi connectivity index (χ1) is 19.7. The predicted molar refractivity (Wildman–Crippen MR) is 146 cm³/mol. The molecule has 14 nitrogen and oxygen atoms in total. The van der Waals surface area contributed by atoms with Crippen LogP contribution in [-0.4, -0.2) is 110 Å². The number of phenols is 1. The number of alkyl carbamates (subject to hydrolysis) is 1. The number of nitrogens with one attached hydrogen (secondary N) is 1. The molecule has 2 amide bonds. The van der Waals surface area contributed by atoms with E-state index in [0.29, 0.717) is 11.3 Å². The lowest BCUT2D eigenvalue weighted by Gasteiger charge is -2.52. The lowest BCUT2D eigenvalue weighted by atomic mass is 9.52. The van der Waals surface area contributed by atoms with E-state index in [4.69, 9.17) is 15.2 Å². The van der Waals surface area contributed by atoms with Crippen LogP contribution >= 0.6 is 0 Å². The van der Waals surface area contributed by atoms with Crippen LogP contribution in [0.5, 0.6) is 5.75 Å². The van der Waals surface area contributed by atoms with E-state index >= 15 is 0 Å². The van der Waals surface area contributed by atoms with Crippen LogP contribution in [0, 0.1) is 23.7 Å². The number of hydrogen-bond acceptors (Lipinski definition) is 12. The molecule has 2 unspecified atom stereocenters. The SMILES string of the molecule is COCCOC(=O)NCc1cc(N(C)C)c2c(c1O)C(=O)C1C(=O)[C@]3(O)C(=O)C(C(N)=O)C(=O)[C@@H](N(C)C)[C@@H]3C[C@@H]1C2. The molecule has 5 N–H and O–H groups in total. The quantitative estimate of drug-likeness (QED) is 0.209. The summed E-state index contributed by atoms with van der Waals surface area (Å²) >= 11 is 0. The number of nitrogens with two attached hydrogens (primary N) is 1. The van der Waals surface area contributed by atoms with Gasteiger partial charge in [0, 0.05) is 44.9 Å². The number of likely N-dealkylation sites (N-methyl/N-ethyl adjacent to an activating group) is 1. The maximum atomic E-state index is 14.0. The standard InChI is InChI=1S/C28H36N4O10/c1-31(2)16-10-13(11-30-27(39)42-7-6-41-5)21(33)18-14(16)8-12-9-15-20(32(3)4)23(35)19(26(29)38)25(37)28(15,40)24(36)17(12)22(18)34/h10,12,15,17,19-20,33,40H,6-9,11H2,1-5H3,(H2,29,38)(H,30,39)/t12-,15-,17?,19?,20-,28-/m0/s1. The first-order valence-electron chi connectivity index (χ1n) is 13.5. The Hall–Kier alpha value is -3.88. The lowest BCUT2D eigenvalue weighted by molar-refractivity contribution is -0.181. The molecular formula is C28H36N4O10. The number of carbonyl (C=O) groups excluding carboxylic acids is 6. The Morgan fingerprint density at radius 1 is 1.12 bits per heavy atom. The fourth-order valence-electron chi connectivity index (χ4n) is 6.68. The van der Waals surface area contributed by atoms with Gasteiger partial charge in [0.1, 0.15) is 12.4 Å². The van der Waals surface area contributed by atoms with E-state index < -0.39 is 76.2 Å². The minimum Gasteiger partial charge on any atom is -0.507 e. The summed E-state index contributed by atoms with van der Waals surface area (Å²) in [4.78, 5) is 82.0. The number of aliphatic hydroxyl groups is 1. The van der Waals surface area contributed by atoms with Gasteiger partial charge in [0.15, 0.2) is 34.7 Å². The number of carbonyl (C=O) groups is 6. The maximum absolute atomic E-state index is 14.0. The number of hydrogen-bond donors (Lipinski definition) is 4. The minimum absolute atomic E-state index is 0.00459. The van der Waals surface area contributed by atoms with Crippen LogP contribution in [0.25, 0.3) is 0 Å². The zero-order chi connectivity index (χ0) is 31.3. The molecule has 3 aliphatic rings. The number of anilines is 1. The number of ketones is 4. The number of primary amides is 1. The van der Waals surface area contributed by atoms with Gasteiger partial charge in [-0.1, -0.05) is 0 Å². The molecule has 2 fully saturated rings. The molecule has 0 aliphatic heterocycles. The molecule has 1 aromatic rings. The number of ether oxygens (including phenoxy) is 2. The highest BCUT2D eigenvalue weighted by molar-refractivity contribution is 6.32. The second-order valence-corrected chi connectivity index (χ2v) is 11.4. The van der Waals surface area contributed by atoms with Crippen molar-refractivity contribution in [2.45, 2.75) is 31.0 Å². The number of Topliss-reactive ketones (excluding diaryl/α,β-unsaturated/α-hetero) is 4. The summed E-state index contributed by atoms with van der Waals surface area (Å²) in [5, 5.41) is 25.4. The van der Waals surface area contributed by atoms with Crippen molar-refractivity contribution < 1.29 is 48.5 Å². The lowest BCUT2D eigenvalue weighted by Crippen LogP contribution is -2.74. The average molecular weight is 589 g/mol. The first kappa shape index (κ1) is 31.1. The third-order valence-electron chi connectivity index (χ3n) is 8.54. The van der Waals surface area contributed by atoms with Crippen LogP contribution in [0.1, 0.15) is 27.9 Å². The van der Waals surface area contributed by atoms with Crippen molar-refractivity contribution >= 4 is 40.8 Å². The monoisotopic (exact) mass is 588 g/mol. The molecule has 228 valence electrons. The van der Waals surface area contributed by atoms with E-state index in [9.17, 15) is 39.0 Å². The Morgan fingerprint density at radius 3 is 2.36 bits per heavy atom. The van der Waals surface area contributed by atoms with Crippen LogP contribution in [0.3, 0.4) is 0 Å². The van der Waals surface area contributed by atoms with E-state index in [1.54, 1.807) is 25.1 Å². The molecule has 42 heavy (non-hydrogen) atoms.